The van der Waals surface area contributed by atoms with Crippen molar-refractivity contribution in [2.75, 3.05) is 39.8 Å². The monoisotopic (exact) mass is 267 g/mol. The van der Waals surface area contributed by atoms with E-state index in [1.807, 2.05) is 0 Å². The highest BCUT2D eigenvalue weighted by molar-refractivity contribution is 4.90. The zero-order valence-electron chi connectivity index (χ0n) is 13.2. The zero-order chi connectivity index (χ0) is 13.9. The molecule has 1 aliphatic carbocycles. The van der Waals surface area contributed by atoms with Crippen molar-refractivity contribution in [3.05, 3.63) is 0 Å². The van der Waals surface area contributed by atoms with E-state index >= 15 is 0 Å². The SMILES string of the molecule is CN1CCN(CCC2(CN)CCCCC2)CC1(C)C. The van der Waals surface area contributed by atoms with Gasteiger partial charge in [0.2, 0.25) is 0 Å². The van der Waals surface area contributed by atoms with Gasteiger partial charge in [0.15, 0.2) is 0 Å². The van der Waals surface area contributed by atoms with Crippen molar-refractivity contribution in [2.45, 2.75) is 57.9 Å². The van der Waals surface area contributed by atoms with Gasteiger partial charge < -0.3 is 10.6 Å². The van der Waals surface area contributed by atoms with E-state index in [-0.39, 0.29) is 0 Å². The third-order valence-electron chi connectivity index (χ3n) is 5.70. The van der Waals surface area contributed by atoms with Gasteiger partial charge >= 0.3 is 0 Å². The molecule has 0 spiro atoms. The Morgan fingerprint density at radius 2 is 1.74 bits per heavy atom. The molecule has 0 aromatic heterocycles. The smallest absolute Gasteiger partial charge is 0.0277 e. The Labute approximate surface area is 119 Å². The van der Waals surface area contributed by atoms with Crippen LogP contribution in [0.3, 0.4) is 0 Å². The van der Waals surface area contributed by atoms with E-state index in [0.29, 0.717) is 11.0 Å². The molecule has 2 fully saturated rings. The molecule has 2 aliphatic rings. The molecule has 0 bridgehead atoms. The van der Waals surface area contributed by atoms with Crippen LogP contribution in [0.4, 0.5) is 0 Å². The second-order valence-corrected chi connectivity index (χ2v) is 7.52. The maximum atomic E-state index is 6.10. The average molecular weight is 267 g/mol. The molecule has 3 heteroatoms. The highest BCUT2D eigenvalue weighted by Gasteiger charge is 2.34. The Bertz CT molecular complexity index is 282. The van der Waals surface area contributed by atoms with Crippen molar-refractivity contribution in [1.82, 2.24) is 9.80 Å². The normalized spacial score (nSPS) is 28.4. The predicted octanol–water partition coefficient (Wildman–Crippen LogP) is 2.31. The van der Waals surface area contributed by atoms with Crippen LogP contribution in [-0.4, -0.2) is 55.1 Å². The Balaban J connectivity index is 1.84. The summed E-state index contributed by atoms with van der Waals surface area (Å²) < 4.78 is 0. The first-order chi connectivity index (χ1) is 8.97. The quantitative estimate of drug-likeness (QED) is 0.848. The summed E-state index contributed by atoms with van der Waals surface area (Å²) in [7, 11) is 2.25. The predicted molar refractivity (Wildman–Crippen MR) is 82.3 cm³/mol. The summed E-state index contributed by atoms with van der Waals surface area (Å²) in [5.41, 5.74) is 6.89. The van der Waals surface area contributed by atoms with Gasteiger partial charge in [-0.25, -0.2) is 0 Å². The largest absolute Gasteiger partial charge is 0.330 e. The molecule has 2 N–H and O–H groups in total. The summed E-state index contributed by atoms with van der Waals surface area (Å²) in [5, 5.41) is 0. The molecular weight excluding hydrogens is 234 g/mol. The van der Waals surface area contributed by atoms with E-state index in [2.05, 4.69) is 30.7 Å². The molecule has 0 aromatic rings. The Kier molecular flexibility index (Phi) is 4.91. The molecule has 3 nitrogen and oxygen atoms in total. The number of hydrogen-bond acceptors (Lipinski definition) is 3. The molecule has 2 rings (SSSR count). The minimum Gasteiger partial charge on any atom is -0.330 e. The van der Waals surface area contributed by atoms with E-state index in [9.17, 15) is 0 Å². The van der Waals surface area contributed by atoms with Gasteiger partial charge in [0.25, 0.3) is 0 Å². The number of piperazine rings is 1. The van der Waals surface area contributed by atoms with Crippen LogP contribution in [-0.2, 0) is 0 Å². The number of rotatable bonds is 4. The summed E-state index contributed by atoms with van der Waals surface area (Å²) in [5.74, 6) is 0. The lowest BCUT2D eigenvalue weighted by atomic mass is 9.72. The van der Waals surface area contributed by atoms with Crippen LogP contribution in [0.5, 0.6) is 0 Å². The second-order valence-electron chi connectivity index (χ2n) is 7.52. The first-order valence-electron chi connectivity index (χ1n) is 8.11. The third kappa shape index (κ3) is 3.71. The van der Waals surface area contributed by atoms with Gasteiger partial charge in [0.05, 0.1) is 0 Å². The van der Waals surface area contributed by atoms with E-state index in [4.69, 9.17) is 5.73 Å². The fraction of sp³-hybridized carbons (Fsp3) is 1.00. The van der Waals surface area contributed by atoms with Crippen LogP contribution in [0.15, 0.2) is 0 Å². The van der Waals surface area contributed by atoms with Crippen molar-refractivity contribution in [1.29, 1.82) is 0 Å². The van der Waals surface area contributed by atoms with Crippen LogP contribution in [0, 0.1) is 5.41 Å². The first kappa shape index (κ1) is 15.3. The van der Waals surface area contributed by atoms with E-state index < -0.39 is 0 Å². The summed E-state index contributed by atoms with van der Waals surface area (Å²) in [6.07, 6.45) is 8.24. The standard InChI is InChI=1S/C16H33N3/c1-15(2)14-19(12-11-18(15)3)10-9-16(13-17)7-5-4-6-8-16/h4-14,17H2,1-3H3. The highest BCUT2D eigenvalue weighted by atomic mass is 15.3. The summed E-state index contributed by atoms with van der Waals surface area (Å²) in [4.78, 5) is 5.15. The molecule has 1 saturated heterocycles. The van der Waals surface area contributed by atoms with Gasteiger partial charge in [0, 0.05) is 25.2 Å². The van der Waals surface area contributed by atoms with Crippen molar-refractivity contribution in [3.63, 3.8) is 0 Å². The molecule has 0 aromatic carbocycles. The van der Waals surface area contributed by atoms with E-state index in [1.54, 1.807) is 0 Å². The molecule has 1 aliphatic heterocycles. The van der Waals surface area contributed by atoms with Gasteiger partial charge in [-0.1, -0.05) is 19.3 Å². The van der Waals surface area contributed by atoms with Crippen LogP contribution < -0.4 is 5.73 Å². The zero-order valence-corrected chi connectivity index (χ0v) is 13.2. The fourth-order valence-corrected chi connectivity index (χ4v) is 3.79. The first-order valence-corrected chi connectivity index (χ1v) is 8.11. The number of hydrogen-bond donors (Lipinski definition) is 1. The molecular formula is C16H33N3. The molecule has 1 heterocycles. The van der Waals surface area contributed by atoms with Crippen molar-refractivity contribution in [3.8, 4) is 0 Å². The van der Waals surface area contributed by atoms with E-state index in [0.717, 1.165) is 6.54 Å². The van der Waals surface area contributed by atoms with Crippen LogP contribution in [0.2, 0.25) is 0 Å². The fourth-order valence-electron chi connectivity index (χ4n) is 3.79. The molecule has 1 saturated carbocycles. The second kappa shape index (κ2) is 6.11. The summed E-state index contributed by atoms with van der Waals surface area (Å²) >= 11 is 0. The van der Waals surface area contributed by atoms with Gasteiger partial charge in [0.1, 0.15) is 0 Å². The number of nitrogens with two attached hydrogens (primary N) is 1. The lowest BCUT2D eigenvalue weighted by Gasteiger charge is -2.46. The van der Waals surface area contributed by atoms with Crippen molar-refractivity contribution < 1.29 is 0 Å². The maximum Gasteiger partial charge on any atom is 0.0277 e. The van der Waals surface area contributed by atoms with Gasteiger partial charge in [-0.2, -0.15) is 0 Å². The Morgan fingerprint density at radius 3 is 2.32 bits per heavy atom. The lowest BCUT2D eigenvalue weighted by molar-refractivity contribution is 0.0295. The highest BCUT2D eigenvalue weighted by Crippen LogP contribution is 2.38. The molecule has 112 valence electrons. The van der Waals surface area contributed by atoms with Crippen molar-refractivity contribution >= 4 is 0 Å². The topological polar surface area (TPSA) is 32.5 Å². The number of likely N-dealkylation sites (N-methyl/N-ethyl adjacent to an activating group) is 1. The molecule has 0 radical (unpaired) electrons. The van der Waals surface area contributed by atoms with Crippen LogP contribution >= 0.6 is 0 Å². The summed E-state index contributed by atoms with van der Waals surface area (Å²) in [6.45, 7) is 10.5. The molecule has 0 atom stereocenters. The molecule has 19 heavy (non-hydrogen) atoms. The van der Waals surface area contributed by atoms with Crippen molar-refractivity contribution in [2.24, 2.45) is 11.1 Å². The third-order valence-corrected chi connectivity index (χ3v) is 5.70. The summed E-state index contributed by atoms with van der Waals surface area (Å²) in [6, 6.07) is 0. The van der Waals surface area contributed by atoms with Gasteiger partial charge in [-0.15, -0.1) is 0 Å². The minimum absolute atomic E-state index is 0.320. The Hall–Kier alpha value is -0.120. The lowest BCUT2D eigenvalue weighted by Crippen LogP contribution is -2.58. The number of nitrogens with zero attached hydrogens (tertiary/aromatic N) is 2. The van der Waals surface area contributed by atoms with Crippen LogP contribution in [0.25, 0.3) is 0 Å². The van der Waals surface area contributed by atoms with Gasteiger partial charge in [-0.05, 0) is 58.7 Å². The maximum absolute atomic E-state index is 6.10. The average Bonchev–Trinajstić information content (AvgIpc) is 2.41. The van der Waals surface area contributed by atoms with Crippen LogP contribution in [0.1, 0.15) is 52.4 Å². The molecule has 0 amide bonds. The minimum atomic E-state index is 0.320. The molecule has 0 unspecified atom stereocenters. The Morgan fingerprint density at radius 1 is 1.05 bits per heavy atom. The van der Waals surface area contributed by atoms with E-state index in [1.165, 1.54) is 64.7 Å². The van der Waals surface area contributed by atoms with Gasteiger partial charge in [-0.3, -0.25) is 4.90 Å².